The SMILES string of the molecule is C=C(C)C(=O)OC(CC)[Si](CC)(CC)CC. The van der Waals surface area contributed by atoms with E-state index in [-0.39, 0.29) is 11.7 Å². The first kappa shape index (κ1) is 15.4. The van der Waals surface area contributed by atoms with E-state index < -0.39 is 8.07 Å². The molecule has 2 nitrogen and oxygen atoms in total. The number of hydrogen-bond acceptors (Lipinski definition) is 2. The molecule has 0 saturated heterocycles. The summed E-state index contributed by atoms with van der Waals surface area (Å²) in [7, 11) is -1.44. The molecule has 0 rings (SSSR count). The van der Waals surface area contributed by atoms with Gasteiger partial charge in [0.25, 0.3) is 0 Å². The largest absolute Gasteiger partial charge is 0.463 e. The highest BCUT2D eigenvalue weighted by molar-refractivity contribution is 6.81. The summed E-state index contributed by atoms with van der Waals surface area (Å²) < 4.78 is 5.62. The van der Waals surface area contributed by atoms with Crippen LogP contribution in [0.3, 0.4) is 0 Å². The highest BCUT2D eigenvalue weighted by atomic mass is 28.3. The van der Waals surface area contributed by atoms with Gasteiger partial charge >= 0.3 is 5.97 Å². The Balaban J connectivity index is 4.81. The molecule has 1 atom stereocenters. The molecule has 1 unspecified atom stereocenters. The van der Waals surface area contributed by atoms with E-state index in [1.54, 1.807) is 6.92 Å². The third kappa shape index (κ3) is 3.48. The number of carbonyl (C=O) groups is 1. The van der Waals surface area contributed by atoms with Crippen molar-refractivity contribution in [1.82, 2.24) is 0 Å². The molecular weight excluding hydrogens is 216 g/mol. The standard InChI is InChI=1S/C13H26O2Si/c1-7-12(15-13(14)11(5)6)16(8-2,9-3)10-4/h12H,5,7-10H2,1-4,6H3. The molecular formula is C13H26O2Si. The van der Waals surface area contributed by atoms with Crippen LogP contribution in [0.25, 0.3) is 0 Å². The molecule has 0 aromatic rings. The molecule has 0 heterocycles. The van der Waals surface area contributed by atoms with Crippen molar-refractivity contribution in [2.24, 2.45) is 0 Å². The lowest BCUT2D eigenvalue weighted by atomic mass is 10.4. The fraction of sp³-hybridized carbons (Fsp3) is 0.769. The molecule has 0 amide bonds. The third-order valence-electron chi connectivity index (χ3n) is 3.76. The average Bonchev–Trinajstić information content (AvgIpc) is 2.29. The third-order valence-corrected chi connectivity index (χ3v) is 9.88. The van der Waals surface area contributed by atoms with Crippen LogP contribution in [0.2, 0.25) is 18.1 Å². The van der Waals surface area contributed by atoms with Crippen LogP contribution in [0.15, 0.2) is 12.2 Å². The number of esters is 1. The molecule has 0 aromatic carbocycles. The molecule has 0 aromatic heterocycles. The van der Waals surface area contributed by atoms with Crippen molar-refractivity contribution in [3.05, 3.63) is 12.2 Å². The van der Waals surface area contributed by atoms with Crippen molar-refractivity contribution in [3.8, 4) is 0 Å². The van der Waals surface area contributed by atoms with E-state index in [4.69, 9.17) is 4.74 Å². The zero-order valence-corrected chi connectivity index (χ0v) is 12.4. The molecule has 0 bridgehead atoms. The van der Waals surface area contributed by atoms with Gasteiger partial charge in [0.1, 0.15) is 8.07 Å². The topological polar surface area (TPSA) is 26.3 Å². The molecule has 0 aliphatic rings. The second-order valence-corrected chi connectivity index (χ2v) is 10.00. The summed E-state index contributed by atoms with van der Waals surface area (Å²) in [6.45, 7) is 14.2. The molecule has 0 aliphatic carbocycles. The molecule has 3 heteroatoms. The fourth-order valence-electron chi connectivity index (χ4n) is 2.30. The van der Waals surface area contributed by atoms with Gasteiger partial charge in [0, 0.05) is 5.57 Å². The van der Waals surface area contributed by atoms with Gasteiger partial charge in [-0.05, 0) is 13.3 Å². The van der Waals surface area contributed by atoms with E-state index in [1.165, 1.54) is 18.1 Å². The summed E-state index contributed by atoms with van der Waals surface area (Å²) in [6.07, 6.45) is 0.931. The van der Waals surface area contributed by atoms with Gasteiger partial charge in [-0.25, -0.2) is 4.79 Å². The summed E-state index contributed by atoms with van der Waals surface area (Å²) >= 11 is 0. The van der Waals surface area contributed by atoms with Crippen LogP contribution in [0.4, 0.5) is 0 Å². The smallest absolute Gasteiger partial charge is 0.333 e. The summed E-state index contributed by atoms with van der Waals surface area (Å²) in [6, 6.07) is 3.55. The Morgan fingerprint density at radius 3 is 1.88 bits per heavy atom. The van der Waals surface area contributed by atoms with Crippen LogP contribution < -0.4 is 0 Å². The quantitative estimate of drug-likeness (QED) is 0.384. The number of rotatable bonds is 7. The number of ether oxygens (including phenoxy) is 1. The minimum atomic E-state index is -1.44. The highest BCUT2D eigenvalue weighted by Crippen LogP contribution is 2.28. The Morgan fingerprint density at radius 1 is 1.19 bits per heavy atom. The lowest BCUT2D eigenvalue weighted by Crippen LogP contribution is -2.48. The Morgan fingerprint density at radius 2 is 1.62 bits per heavy atom. The first-order valence-corrected chi connectivity index (χ1v) is 9.03. The van der Waals surface area contributed by atoms with Crippen molar-refractivity contribution >= 4 is 14.0 Å². The van der Waals surface area contributed by atoms with Crippen LogP contribution in [0.5, 0.6) is 0 Å². The van der Waals surface area contributed by atoms with E-state index in [9.17, 15) is 4.79 Å². The predicted molar refractivity (Wildman–Crippen MR) is 72.2 cm³/mol. The van der Waals surface area contributed by atoms with E-state index >= 15 is 0 Å². The molecule has 0 N–H and O–H groups in total. The lowest BCUT2D eigenvalue weighted by Gasteiger charge is -2.35. The molecule has 0 saturated carbocycles. The summed E-state index contributed by atoms with van der Waals surface area (Å²) in [5.41, 5.74) is 0.654. The molecule has 0 spiro atoms. The maximum Gasteiger partial charge on any atom is 0.333 e. The van der Waals surface area contributed by atoms with Crippen molar-refractivity contribution < 1.29 is 9.53 Å². The van der Waals surface area contributed by atoms with Crippen LogP contribution in [0.1, 0.15) is 41.0 Å². The van der Waals surface area contributed by atoms with Gasteiger partial charge < -0.3 is 4.74 Å². The van der Waals surface area contributed by atoms with Crippen molar-refractivity contribution in [2.75, 3.05) is 0 Å². The average molecular weight is 242 g/mol. The van der Waals surface area contributed by atoms with Gasteiger partial charge in [0.15, 0.2) is 0 Å². The van der Waals surface area contributed by atoms with Gasteiger partial charge in [-0.3, -0.25) is 0 Å². The van der Waals surface area contributed by atoms with Gasteiger partial charge in [-0.15, -0.1) is 0 Å². The molecule has 0 radical (unpaired) electrons. The van der Waals surface area contributed by atoms with Crippen molar-refractivity contribution in [3.63, 3.8) is 0 Å². The lowest BCUT2D eigenvalue weighted by molar-refractivity contribution is -0.141. The first-order valence-electron chi connectivity index (χ1n) is 6.33. The predicted octanol–water partition coefficient (Wildman–Crippen LogP) is 3.93. The van der Waals surface area contributed by atoms with E-state index in [1.807, 2.05) is 0 Å². The monoisotopic (exact) mass is 242 g/mol. The second-order valence-electron chi connectivity index (χ2n) is 4.51. The number of carbonyl (C=O) groups excluding carboxylic acids is 1. The minimum Gasteiger partial charge on any atom is -0.463 e. The number of hydrogen-bond donors (Lipinski definition) is 0. The maximum absolute atomic E-state index is 11.6. The Hall–Kier alpha value is -0.573. The summed E-state index contributed by atoms with van der Waals surface area (Å²) in [4.78, 5) is 11.6. The zero-order chi connectivity index (χ0) is 12.8. The summed E-state index contributed by atoms with van der Waals surface area (Å²) in [5, 5.41) is 0. The van der Waals surface area contributed by atoms with E-state index in [0.717, 1.165) is 6.42 Å². The maximum atomic E-state index is 11.6. The van der Waals surface area contributed by atoms with Gasteiger partial charge in [-0.1, -0.05) is 52.4 Å². The van der Waals surface area contributed by atoms with Gasteiger partial charge in [-0.2, -0.15) is 0 Å². The molecule has 0 aliphatic heterocycles. The van der Waals surface area contributed by atoms with Crippen molar-refractivity contribution in [1.29, 1.82) is 0 Å². The summed E-state index contributed by atoms with van der Waals surface area (Å²) in [5.74, 6) is -0.223. The van der Waals surface area contributed by atoms with E-state index in [0.29, 0.717) is 5.57 Å². The van der Waals surface area contributed by atoms with Crippen LogP contribution in [-0.2, 0) is 9.53 Å². The normalized spacial score (nSPS) is 13.3. The van der Waals surface area contributed by atoms with Crippen LogP contribution in [-0.4, -0.2) is 19.8 Å². The minimum absolute atomic E-state index is 0.150. The Bertz CT molecular complexity index is 236. The second kappa shape index (κ2) is 6.89. The Labute approximate surface area is 101 Å². The molecule has 0 fully saturated rings. The fourth-order valence-corrected chi connectivity index (χ4v) is 6.39. The van der Waals surface area contributed by atoms with Gasteiger partial charge in [0.05, 0.1) is 5.73 Å². The molecule has 94 valence electrons. The van der Waals surface area contributed by atoms with E-state index in [2.05, 4.69) is 34.3 Å². The molecule has 16 heavy (non-hydrogen) atoms. The zero-order valence-electron chi connectivity index (χ0n) is 11.4. The Kier molecular flexibility index (Phi) is 6.64. The van der Waals surface area contributed by atoms with Gasteiger partial charge in [0.2, 0.25) is 0 Å². The van der Waals surface area contributed by atoms with Crippen LogP contribution >= 0.6 is 0 Å². The first-order chi connectivity index (χ1) is 7.47. The highest BCUT2D eigenvalue weighted by Gasteiger charge is 2.38. The van der Waals surface area contributed by atoms with Crippen LogP contribution in [0, 0.1) is 0 Å². The van der Waals surface area contributed by atoms with Crippen molar-refractivity contribution in [2.45, 2.75) is 64.9 Å².